The van der Waals surface area contributed by atoms with Crippen LogP contribution in [-0.2, 0) is 16.0 Å². The van der Waals surface area contributed by atoms with E-state index in [1.807, 2.05) is 32.0 Å². The second-order valence-electron chi connectivity index (χ2n) is 6.94. The van der Waals surface area contributed by atoms with Gasteiger partial charge in [-0.05, 0) is 31.2 Å². The maximum atomic E-state index is 12.8. The van der Waals surface area contributed by atoms with Crippen LogP contribution in [0.15, 0.2) is 30.3 Å². The highest BCUT2D eigenvalue weighted by Gasteiger charge is 2.29. The van der Waals surface area contributed by atoms with E-state index in [2.05, 4.69) is 17.4 Å². The number of carbonyl (C=O) groups is 2. The summed E-state index contributed by atoms with van der Waals surface area (Å²) in [6, 6.07) is 10.1. The Bertz CT molecular complexity index is 538. The van der Waals surface area contributed by atoms with Crippen LogP contribution in [0.1, 0.15) is 64.4 Å². The summed E-state index contributed by atoms with van der Waals surface area (Å²) in [6.07, 6.45) is 7.63. The predicted molar refractivity (Wildman–Crippen MR) is 101 cm³/mol. The van der Waals surface area contributed by atoms with Crippen LogP contribution in [0.4, 0.5) is 0 Å². The molecule has 0 radical (unpaired) electrons. The summed E-state index contributed by atoms with van der Waals surface area (Å²) in [7, 11) is 0. The Morgan fingerprint density at radius 1 is 1.12 bits per heavy atom. The van der Waals surface area contributed by atoms with E-state index in [9.17, 15) is 9.59 Å². The van der Waals surface area contributed by atoms with Crippen molar-refractivity contribution in [3.05, 3.63) is 35.9 Å². The van der Waals surface area contributed by atoms with E-state index < -0.39 is 0 Å². The summed E-state index contributed by atoms with van der Waals surface area (Å²) in [6.45, 7) is 4.44. The topological polar surface area (TPSA) is 49.4 Å². The molecule has 1 fully saturated rings. The molecule has 2 amide bonds. The van der Waals surface area contributed by atoms with Crippen molar-refractivity contribution in [2.75, 3.05) is 6.54 Å². The molecule has 1 aliphatic carbocycles. The molecule has 1 N–H and O–H groups in total. The first-order valence-electron chi connectivity index (χ1n) is 9.79. The summed E-state index contributed by atoms with van der Waals surface area (Å²) < 4.78 is 0. The van der Waals surface area contributed by atoms with Crippen LogP contribution in [-0.4, -0.2) is 35.3 Å². The Hall–Kier alpha value is -1.84. The Labute approximate surface area is 152 Å². The number of hydrogen-bond acceptors (Lipinski definition) is 2. The Kier molecular flexibility index (Phi) is 7.96. The lowest BCUT2D eigenvalue weighted by molar-refractivity contribution is -0.140. The standard InChI is InChI=1S/C21H32N2O2/c1-3-19(21(25)22-18-13-9-6-10-14-18)23(20(24)4-2)16-15-17-11-7-5-8-12-17/h5,7-8,11-12,18-19H,3-4,6,9-10,13-16H2,1-2H3,(H,22,25). The number of benzene rings is 1. The Morgan fingerprint density at radius 3 is 2.40 bits per heavy atom. The molecule has 0 aromatic heterocycles. The van der Waals surface area contributed by atoms with Gasteiger partial charge in [0.1, 0.15) is 6.04 Å². The van der Waals surface area contributed by atoms with E-state index in [1.165, 1.54) is 24.8 Å². The molecule has 0 bridgehead atoms. The Balaban J connectivity index is 2.01. The molecule has 1 saturated carbocycles. The fraction of sp³-hybridized carbons (Fsp3) is 0.619. The van der Waals surface area contributed by atoms with Gasteiger partial charge in [0, 0.05) is 19.0 Å². The van der Waals surface area contributed by atoms with Crippen LogP contribution < -0.4 is 5.32 Å². The number of hydrogen-bond donors (Lipinski definition) is 1. The molecule has 25 heavy (non-hydrogen) atoms. The highest BCUT2D eigenvalue weighted by molar-refractivity contribution is 5.87. The van der Waals surface area contributed by atoms with Crippen molar-refractivity contribution >= 4 is 11.8 Å². The van der Waals surface area contributed by atoms with Crippen molar-refractivity contribution in [3.63, 3.8) is 0 Å². The second-order valence-corrected chi connectivity index (χ2v) is 6.94. The molecule has 2 rings (SSSR count). The van der Waals surface area contributed by atoms with Crippen molar-refractivity contribution in [1.29, 1.82) is 0 Å². The van der Waals surface area contributed by atoms with Crippen molar-refractivity contribution in [2.45, 2.75) is 77.3 Å². The molecule has 1 aromatic carbocycles. The first-order chi connectivity index (χ1) is 12.2. The maximum Gasteiger partial charge on any atom is 0.243 e. The van der Waals surface area contributed by atoms with Crippen LogP contribution in [0.3, 0.4) is 0 Å². The van der Waals surface area contributed by atoms with Crippen LogP contribution in [0.5, 0.6) is 0 Å². The third-order valence-electron chi connectivity index (χ3n) is 5.12. The molecule has 0 heterocycles. The lowest BCUT2D eigenvalue weighted by atomic mass is 9.95. The first kappa shape index (κ1) is 19.5. The molecule has 1 aromatic rings. The monoisotopic (exact) mass is 344 g/mol. The van der Waals surface area contributed by atoms with Gasteiger partial charge in [0.25, 0.3) is 0 Å². The summed E-state index contributed by atoms with van der Waals surface area (Å²) in [5.74, 6) is 0.0748. The molecular formula is C21H32N2O2. The number of carbonyl (C=O) groups excluding carboxylic acids is 2. The van der Waals surface area contributed by atoms with E-state index >= 15 is 0 Å². The minimum absolute atomic E-state index is 0.0178. The summed E-state index contributed by atoms with van der Waals surface area (Å²) in [5.41, 5.74) is 1.19. The molecule has 4 heteroatoms. The highest BCUT2D eigenvalue weighted by atomic mass is 16.2. The van der Waals surface area contributed by atoms with Crippen molar-refractivity contribution in [2.24, 2.45) is 0 Å². The zero-order valence-electron chi connectivity index (χ0n) is 15.7. The van der Waals surface area contributed by atoms with Gasteiger partial charge in [0.15, 0.2) is 0 Å². The van der Waals surface area contributed by atoms with Crippen LogP contribution in [0.25, 0.3) is 0 Å². The minimum Gasteiger partial charge on any atom is -0.352 e. The molecular weight excluding hydrogens is 312 g/mol. The van der Waals surface area contributed by atoms with Crippen molar-refractivity contribution in [3.8, 4) is 0 Å². The molecule has 0 aliphatic heterocycles. The van der Waals surface area contributed by atoms with Gasteiger partial charge >= 0.3 is 0 Å². The SMILES string of the molecule is CCC(=O)N(CCc1ccccc1)C(CC)C(=O)NC1CCCCC1. The number of nitrogens with zero attached hydrogens (tertiary/aromatic N) is 1. The highest BCUT2D eigenvalue weighted by Crippen LogP contribution is 2.18. The van der Waals surface area contributed by atoms with Gasteiger partial charge in [-0.25, -0.2) is 0 Å². The minimum atomic E-state index is -0.363. The zero-order valence-corrected chi connectivity index (χ0v) is 15.7. The van der Waals surface area contributed by atoms with Crippen molar-refractivity contribution < 1.29 is 9.59 Å². The summed E-state index contributed by atoms with van der Waals surface area (Å²) in [4.78, 5) is 27.1. The third kappa shape index (κ3) is 5.87. The van der Waals surface area contributed by atoms with Crippen LogP contribution >= 0.6 is 0 Å². The number of nitrogens with one attached hydrogen (secondary N) is 1. The van der Waals surface area contributed by atoms with Gasteiger partial charge < -0.3 is 10.2 Å². The van der Waals surface area contributed by atoms with Gasteiger partial charge in [0.05, 0.1) is 0 Å². The van der Waals surface area contributed by atoms with Gasteiger partial charge in [-0.15, -0.1) is 0 Å². The smallest absolute Gasteiger partial charge is 0.243 e. The first-order valence-corrected chi connectivity index (χ1v) is 9.79. The molecule has 138 valence electrons. The second kappa shape index (κ2) is 10.2. The van der Waals surface area contributed by atoms with E-state index in [0.29, 0.717) is 19.4 Å². The molecule has 1 unspecified atom stereocenters. The molecule has 0 saturated heterocycles. The van der Waals surface area contributed by atoms with E-state index in [4.69, 9.17) is 0 Å². The lowest BCUT2D eigenvalue weighted by Gasteiger charge is -2.32. The van der Waals surface area contributed by atoms with Gasteiger partial charge in [-0.1, -0.05) is 63.4 Å². The van der Waals surface area contributed by atoms with Gasteiger partial charge in [0.2, 0.25) is 11.8 Å². The molecule has 0 spiro atoms. The molecule has 4 nitrogen and oxygen atoms in total. The third-order valence-corrected chi connectivity index (χ3v) is 5.12. The normalized spacial score (nSPS) is 16.2. The van der Waals surface area contributed by atoms with E-state index in [-0.39, 0.29) is 23.9 Å². The maximum absolute atomic E-state index is 12.8. The fourth-order valence-corrected chi connectivity index (χ4v) is 3.64. The predicted octanol–water partition coefficient (Wildman–Crippen LogP) is 3.70. The summed E-state index contributed by atoms with van der Waals surface area (Å²) >= 11 is 0. The average molecular weight is 344 g/mol. The quantitative estimate of drug-likeness (QED) is 0.782. The largest absolute Gasteiger partial charge is 0.352 e. The van der Waals surface area contributed by atoms with Crippen LogP contribution in [0.2, 0.25) is 0 Å². The lowest BCUT2D eigenvalue weighted by Crippen LogP contribution is -2.52. The summed E-state index contributed by atoms with van der Waals surface area (Å²) in [5, 5.41) is 3.19. The van der Waals surface area contributed by atoms with E-state index in [0.717, 1.165) is 19.3 Å². The Morgan fingerprint density at radius 2 is 1.80 bits per heavy atom. The van der Waals surface area contributed by atoms with Crippen molar-refractivity contribution in [1.82, 2.24) is 10.2 Å². The van der Waals surface area contributed by atoms with Gasteiger partial charge in [-0.2, -0.15) is 0 Å². The number of rotatable bonds is 8. The van der Waals surface area contributed by atoms with E-state index in [1.54, 1.807) is 4.90 Å². The average Bonchev–Trinajstić information content (AvgIpc) is 2.66. The van der Waals surface area contributed by atoms with Crippen LogP contribution in [0, 0.1) is 0 Å². The molecule has 1 aliphatic rings. The zero-order chi connectivity index (χ0) is 18.1. The fourth-order valence-electron chi connectivity index (χ4n) is 3.64. The van der Waals surface area contributed by atoms with Gasteiger partial charge in [-0.3, -0.25) is 9.59 Å². The molecule has 1 atom stereocenters. The number of amides is 2.